The highest BCUT2D eigenvalue weighted by molar-refractivity contribution is 6.17. The lowest BCUT2D eigenvalue weighted by Crippen LogP contribution is -1.82. The van der Waals surface area contributed by atoms with E-state index in [9.17, 15) is 0 Å². The van der Waals surface area contributed by atoms with Gasteiger partial charge in [-0.3, -0.25) is 0 Å². The van der Waals surface area contributed by atoms with Crippen LogP contribution in [0.2, 0.25) is 0 Å². The van der Waals surface area contributed by atoms with Crippen molar-refractivity contribution in [2.45, 2.75) is 5.88 Å². The van der Waals surface area contributed by atoms with Crippen molar-refractivity contribution >= 4 is 22.6 Å². The molecule has 0 saturated heterocycles. The zero-order valence-electron chi connectivity index (χ0n) is 9.15. The Labute approximate surface area is 104 Å². The van der Waals surface area contributed by atoms with Gasteiger partial charge in [-0.2, -0.15) is 0 Å². The maximum absolute atomic E-state index is 5.77. The highest BCUT2D eigenvalue weighted by atomic mass is 35.5. The van der Waals surface area contributed by atoms with Crippen LogP contribution < -0.4 is 0 Å². The summed E-state index contributed by atoms with van der Waals surface area (Å²) in [6.07, 6.45) is 0. The SMILES string of the molecule is ClCc1ccc(-c2nc3ccccc3[nH]2)cc1. The highest BCUT2D eigenvalue weighted by Crippen LogP contribution is 2.20. The van der Waals surface area contributed by atoms with E-state index in [-0.39, 0.29) is 0 Å². The fraction of sp³-hybridized carbons (Fsp3) is 0.0714. The van der Waals surface area contributed by atoms with Crippen LogP contribution in [0, 0.1) is 0 Å². The van der Waals surface area contributed by atoms with Gasteiger partial charge in [0.1, 0.15) is 5.82 Å². The Balaban J connectivity index is 2.07. The minimum Gasteiger partial charge on any atom is -0.338 e. The van der Waals surface area contributed by atoms with Gasteiger partial charge in [0.25, 0.3) is 0 Å². The summed E-state index contributed by atoms with van der Waals surface area (Å²) in [7, 11) is 0. The average Bonchev–Trinajstić information content (AvgIpc) is 2.82. The number of benzene rings is 2. The van der Waals surface area contributed by atoms with Crippen LogP contribution in [0.1, 0.15) is 5.56 Å². The molecule has 3 rings (SSSR count). The topological polar surface area (TPSA) is 28.7 Å². The monoisotopic (exact) mass is 242 g/mol. The summed E-state index contributed by atoms with van der Waals surface area (Å²) in [5.41, 5.74) is 4.24. The Hall–Kier alpha value is -1.80. The van der Waals surface area contributed by atoms with Crippen LogP contribution in [-0.2, 0) is 5.88 Å². The van der Waals surface area contributed by atoms with Crippen molar-refractivity contribution in [3.05, 3.63) is 54.1 Å². The normalized spacial score (nSPS) is 10.9. The Morgan fingerprint density at radius 1 is 1.00 bits per heavy atom. The first-order valence-electron chi connectivity index (χ1n) is 5.47. The van der Waals surface area contributed by atoms with Crippen molar-refractivity contribution in [1.29, 1.82) is 0 Å². The van der Waals surface area contributed by atoms with Crippen LogP contribution in [0.25, 0.3) is 22.4 Å². The second-order valence-corrected chi connectivity index (χ2v) is 4.20. The second-order valence-electron chi connectivity index (χ2n) is 3.93. The van der Waals surface area contributed by atoms with E-state index in [2.05, 4.69) is 9.97 Å². The summed E-state index contributed by atoms with van der Waals surface area (Å²) in [6.45, 7) is 0. The number of para-hydroxylation sites is 2. The molecule has 0 aliphatic carbocycles. The maximum Gasteiger partial charge on any atom is 0.138 e. The molecule has 0 unspecified atom stereocenters. The third-order valence-electron chi connectivity index (χ3n) is 2.77. The number of fused-ring (bicyclic) bond motifs is 1. The molecule has 0 radical (unpaired) electrons. The number of hydrogen-bond acceptors (Lipinski definition) is 1. The summed E-state index contributed by atoms with van der Waals surface area (Å²) < 4.78 is 0. The van der Waals surface area contributed by atoms with E-state index in [1.165, 1.54) is 0 Å². The lowest BCUT2D eigenvalue weighted by molar-refractivity contribution is 1.32. The lowest BCUT2D eigenvalue weighted by atomic mass is 10.1. The zero-order chi connectivity index (χ0) is 11.7. The van der Waals surface area contributed by atoms with Gasteiger partial charge in [0.05, 0.1) is 11.0 Å². The first kappa shape index (κ1) is 10.4. The molecule has 2 nitrogen and oxygen atoms in total. The molecule has 84 valence electrons. The van der Waals surface area contributed by atoms with Crippen LogP contribution in [-0.4, -0.2) is 9.97 Å². The van der Waals surface area contributed by atoms with Crippen LogP contribution in [0.3, 0.4) is 0 Å². The maximum atomic E-state index is 5.77. The number of rotatable bonds is 2. The molecular weight excluding hydrogens is 232 g/mol. The number of aromatic amines is 1. The zero-order valence-corrected chi connectivity index (χ0v) is 9.91. The summed E-state index contributed by atoms with van der Waals surface area (Å²) in [6, 6.07) is 16.1. The van der Waals surface area contributed by atoms with Crippen molar-refractivity contribution in [3.8, 4) is 11.4 Å². The van der Waals surface area contributed by atoms with Crippen molar-refractivity contribution in [2.75, 3.05) is 0 Å². The molecule has 1 heterocycles. The summed E-state index contributed by atoms with van der Waals surface area (Å²) >= 11 is 5.77. The van der Waals surface area contributed by atoms with E-state index >= 15 is 0 Å². The quantitative estimate of drug-likeness (QED) is 0.677. The Morgan fingerprint density at radius 2 is 1.76 bits per heavy atom. The third-order valence-corrected chi connectivity index (χ3v) is 3.08. The van der Waals surface area contributed by atoms with Gasteiger partial charge in [-0.1, -0.05) is 36.4 Å². The lowest BCUT2D eigenvalue weighted by Gasteiger charge is -1.98. The van der Waals surface area contributed by atoms with Crippen LogP contribution in [0.15, 0.2) is 48.5 Å². The standard InChI is InChI=1S/C14H11ClN2/c15-9-10-5-7-11(8-6-10)14-16-12-3-1-2-4-13(12)17-14/h1-8H,9H2,(H,16,17). The number of hydrogen-bond donors (Lipinski definition) is 1. The number of alkyl halides is 1. The van der Waals surface area contributed by atoms with Gasteiger partial charge in [-0.05, 0) is 17.7 Å². The highest BCUT2D eigenvalue weighted by Gasteiger charge is 2.04. The summed E-state index contributed by atoms with van der Waals surface area (Å²) in [5.74, 6) is 1.44. The minimum atomic E-state index is 0.542. The molecular formula is C14H11ClN2. The molecule has 3 aromatic rings. The van der Waals surface area contributed by atoms with Gasteiger partial charge in [-0.15, -0.1) is 11.6 Å². The van der Waals surface area contributed by atoms with Crippen molar-refractivity contribution in [3.63, 3.8) is 0 Å². The molecule has 0 amide bonds. The predicted molar refractivity (Wildman–Crippen MR) is 71.1 cm³/mol. The molecule has 1 N–H and O–H groups in total. The molecule has 0 aliphatic rings. The molecule has 2 aromatic carbocycles. The van der Waals surface area contributed by atoms with Gasteiger partial charge in [-0.25, -0.2) is 4.98 Å². The van der Waals surface area contributed by atoms with Gasteiger partial charge < -0.3 is 4.98 Å². The number of nitrogens with zero attached hydrogens (tertiary/aromatic N) is 1. The van der Waals surface area contributed by atoms with Gasteiger partial charge in [0, 0.05) is 11.4 Å². The number of aromatic nitrogens is 2. The second kappa shape index (κ2) is 4.22. The number of imidazole rings is 1. The van der Waals surface area contributed by atoms with Gasteiger partial charge in [0.15, 0.2) is 0 Å². The van der Waals surface area contributed by atoms with E-state index in [1.54, 1.807) is 0 Å². The van der Waals surface area contributed by atoms with Gasteiger partial charge >= 0.3 is 0 Å². The van der Waals surface area contributed by atoms with Crippen molar-refractivity contribution in [1.82, 2.24) is 9.97 Å². The number of H-pyrrole nitrogens is 1. The van der Waals surface area contributed by atoms with E-state index < -0.39 is 0 Å². The molecule has 0 spiro atoms. The first-order valence-corrected chi connectivity index (χ1v) is 6.00. The average molecular weight is 243 g/mol. The molecule has 0 saturated carbocycles. The number of nitrogens with one attached hydrogen (secondary N) is 1. The third kappa shape index (κ3) is 1.92. The first-order chi connectivity index (χ1) is 8.36. The molecule has 0 fully saturated rings. The largest absolute Gasteiger partial charge is 0.338 e. The molecule has 3 heteroatoms. The van der Waals surface area contributed by atoms with Crippen LogP contribution in [0.4, 0.5) is 0 Å². The Bertz CT molecular complexity index is 608. The molecule has 0 atom stereocenters. The molecule has 0 bridgehead atoms. The number of halogens is 1. The fourth-order valence-corrected chi connectivity index (χ4v) is 2.02. The molecule has 1 aromatic heterocycles. The summed E-state index contributed by atoms with van der Waals surface area (Å²) in [4.78, 5) is 7.86. The Morgan fingerprint density at radius 3 is 2.47 bits per heavy atom. The predicted octanol–water partition coefficient (Wildman–Crippen LogP) is 3.97. The van der Waals surface area contributed by atoms with Crippen molar-refractivity contribution < 1.29 is 0 Å². The summed E-state index contributed by atoms with van der Waals surface area (Å²) in [5, 5.41) is 0. The molecule has 0 aliphatic heterocycles. The van der Waals surface area contributed by atoms with Gasteiger partial charge in [0.2, 0.25) is 0 Å². The van der Waals surface area contributed by atoms with E-state index in [0.29, 0.717) is 5.88 Å². The minimum absolute atomic E-state index is 0.542. The van der Waals surface area contributed by atoms with Crippen molar-refractivity contribution in [2.24, 2.45) is 0 Å². The van der Waals surface area contributed by atoms with E-state index in [1.807, 2.05) is 48.5 Å². The smallest absolute Gasteiger partial charge is 0.138 e. The van der Waals surface area contributed by atoms with Crippen LogP contribution >= 0.6 is 11.6 Å². The Kier molecular flexibility index (Phi) is 2.57. The van der Waals surface area contributed by atoms with E-state index in [4.69, 9.17) is 11.6 Å². The van der Waals surface area contributed by atoms with E-state index in [0.717, 1.165) is 28.0 Å². The van der Waals surface area contributed by atoms with Crippen LogP contribution in [0.5, 0.6) is 0 Å². The fourth-order valence-electron chi connectivity index (χ4n) is 1.84. The molecule has 17 heavy (non-hydrogen) atoms.